The minimum absolute atomic E-state index is 0.0436. The van der Waals surface area contributed by atoms with Gasteiger partial charge >= 0.3 is 0 Å². The van der Waals surface area contributed by atoms with Crippen LogP contribution in [-0.2, 0) is 13.2 Å². The van der Waals surface area contributed by atoms with Crippen molar-refractivity contribution in [1.82, 2.24) is 19.8 Å². The monoisotopic (exact) mass is 711 g/mol. The number of hydrogen-bond donors (Lipinski definition) is 2. The van der Waals surface area contributed by atoms with Gasteiger partial charge in [0.1, 0.15) is 23.9 Å². The fourth-order valence-electron chi connectivity index (χ4n) is 7.07. The maximum Gasteiger partial charge on any atom is 0.251 e. The smallest absolute Gasteiger partial charge is 0.251 e. The fourth-order valence-corrected chi connectivity index (χ4v) is 7.07. The molecule has 1 atom stereocenters. The number of hydrogen-bond acceptors (Lipinski definition) is 10. The Bertz CT molecular complexity index is 1970. The molecule has 0 spiro atoms. The number of aliphatic hydroxyl groups excluding tert-OH is 1. The third kappa shape index (κ3) is 7.98. The van der Waals surface area contributed by atoms with Crippen LogP contribution in [0.1, 0.15) is 51.8 Å². The molecule has 1 unspecified atom stereocenters. The van der Waals surface area contributed by atoms with Crippen LogP contribution in [0.5, 0.6) is 23.0 Å². The van der Waals surface area contributed by atoms with E-state index in [2.05, 4.69) is 37.9 Å². The maximum absolute atomic E-state index is 13.7. The Morgan fingerprint density at radius 1 is 0.904 bits per heavy atom. The van der Waals surface area contributed by atoms with E-state index in [9.17, 15) is 9.90 Å². The van der Waals surface area contributed by atoms with Gasteiger partial charge in [-0.2, -0.15) is 0 Å². The minimum atomic E-state index is -0.208. The van der Waals surface area contributed by atoms with E-state index < -0.39 is 0 Å². The Balaban J connectivity index is 1.16. The Morgan fingerprint density at radius 2 is 1.71 bits per heavy atom. The summed E-state index contributed by atoms with van der Waals surface area (Å²) in [6.45, 7) is 7.08. The van der Waals surface area contributed by atoms with E-state index in [1.165, 1.54) is 0 Å². The molecule has 5 aromatic rings. The fraction of sp³-hybridized carbons (Fsp3) is 0.400. The number of benzene rings is 3. The first-order valence-corrected chi connectivity index (χ1v) is 17.7. The molecule has 52 heavy (non-hydrogen) atoms. The summed E-state index contributed by atoms with van der Waals surface area (Å²) in [4.78, 5) is 23.6. The first kappa shape index (κ1) is 36.6. The summed E-state index contributed by atoms with van der Waals surface area (Å²) in [6.07, 6.45) is 1.82. The highest BCUT2D eigenvalue weighted by atomic mass is 16.5. The molecule has 12 heteroatoms. The van der Waals surface area contributed by atoms with Gasteiger partial charge in [0.05, 0.1) is 46.0 Å². The number of rotatable bonds is 15. The number of carbonyl (C=O) groups is 1. The number of amides is 1. The number of fused-ring (bicyclic) bond motifs is 1. The first-order valence-electron chi connectivity index (χ1n) is 17.7. The van der Waals surface area contributed by atoms with Gasteiger partial charge in [-0.15, -0.1) is 0 Å². The lowest BCUT2D eigenvalue weighted by Gasteiger charge is -2.26. The number of aromatic nitrogens is 2. The lowest BCUT2D eigenvalue weighted by molar-refractivity contribution is 0.0948. The average molecular weight is 712 g/mol. The van der Waals surface area contributed by atoms with Crippen LogP contribution in [0.4, 0.5) is 5.95 Å². The van der Waals surface area contributed by atoms with E-state index in [0.717, 1.165) is 79.6 Å². The number of nitrogens with one attached hydrogen (secondary N) is 1. The van der Waals surface area contributed by atoms with E-state index in [-0.39, 0.29) is 18.4 Å². The first-order chi connectivity index (χ1) is 25.4. The number of nitrogens with zero attached hydrogens (tertiary/aromatic N) is 4. The van der Waals surface area contributed by atoms with Crippen molar-refractivity contribution in [3.05, 3.63) is 94.9 Å². The van der Waals surface area contributed by atoms with Crippen molar-refractivity contribution in [2.24, 2.45) is 0 Å². The average Bonchev–Trinajstić information content (AvgIpc) is 3.71. The molecule has 0 aliphatic carbocycles. The molecule has 0 saturated carbocycles. The predicted octanol–water partition coefficient (Wildman–Crippen LogP) is 5.63. The van der Waals surface area contributed by atoms with Gasteiger partial charge in [0, 0.05) is 43.2 Å². The SMILES string of the molecule is COc1cccc(C(CCN2CCCN(c3nc4ccccc4n3Cc3ccc(CO)o3)CC2)CNC(=O)c2cc(OC)c(OC)c(OC)c2C)c1. The molecule has 3 aromatic carbocycles. The van der Waals surface area contributed by atoms with E-state index in [1.54, 1.807) is 34.5 Å². The van der Waals surface area contributed by atoms with Crippen molar-refractivity contribution < 1.29 is 33.3 Å². The number of carbonyl (C=O) groups excluding carboxylic acids is 1. The van der Waals surface area contributed by atoms with Gasteiger partial charge < -0.3 is 48.2 Å². The van der Waals surface area contributed by atoms with Crippen molar-refractivity contribution in [2.45, 2.75) is 38.8 Å². The molecule has 1 fully saturated rings. The summed E-state index contributed by atoms with van der Waals surface area (Å²) in [6, 6.07) is 21.7. The number of furan rings is 1. The van der Waals surface area contributed by atoms with Crippen LogP contribution in [0.15, 0.2) is 71.1 Å². The third-order valence-electron chi connectivity index (χ3n) is 9.88. The van der Waals surface area contributed by atoms with Gasteiger partial charge in [-0.05, 0) is 80.9 Å². The highest BCUT2D eigenvalue weighted by Crippen LogP contribution is 2.41. The van der Waals surface area contributed by atoms with Crippen LogP contribution in [0.25, 0.3) is 11.0 Å². The van der Waals surface area contributed by atoms with E-state index in [1.807, 2.05) is 49.4 Å². The van der Waals surface area contributed by atoms with Crippen LogP contribution in [0.2, 0.25) is 0 Å². The van der Waals surface area contributed by atoms with Crippen molar-refractivity contribution in [3.63, 3.8) is 0 Å². The number of methoxy groups -OCH3 is 4. The number of para-hydroxylation sites is 2. The quantitative estimate of drug-likeness (QED) is 0.141. The van der Waals surface area contributed by atoms with E-state index in [0.29, 0.717) is 47.2 Å². The zero-order chi connectivity index (χ0) is 36.6. The molecule has 1 aliphatic heterocycles. The number of aliphatic hydroxyl groups is 1. The summed E-state index contributed by atoms with van der Waals surface area (Å²) in [7, 11) is 6.31. The molecule has 0 radical (unpaired) electrons. The second kappa shape index (κ2) is 16.9. The van der Waals surface area contributed by atoms with Gasteiger partial charge in [0.25, 0.3) is 5.91 Å². The largest absolute Gasteiger partial charge is 0.497 e. The number of imidazole rings is 1. The Morgan fingerprint density at radius 3 is 2.46 bits per heavy atom. The zero-order valence-electron chi connectivity index (χ0n) is 30.7. The summed E-state index contributed by atoms with van der Waals surface area (Å²) in [5, 5.41) is 12.7. The topological polar surface area (TPSA) is 124 Å². The van der Waals surface area contributed by atoms with Gasteiger partial charge in [-0.1, -0.05) is 24.3 Å². The van der Waals surface area contributed by atoms with Crippen LogP contribution in [0, 0.1) is 6.92 Å². The molecule has 1 aliphatic rings. The summed E-state index contributed by atoms with van der Waals surface area (Å²) < 4.78 is 30.3. The molecule has 1 saturated heterocycles. The standard InChI is InChI=1S/C40H49N5O7/c1-27-33(23-36(49-3)38(51-5)37(27)50-4)39(47)41-24-29(28-10-8-11-30(22-28)48-2)16-19-43-17-9-18-44(21-20-43)40-42-34-12-6-7-13-35(34)45(40)25-31-14-15-32(26-46)52-31/h6-8,10-15,22-23,29,46H,9,16-21,24-26H2,1-5H3,(H,41,47). The third-order valence-corrected chi connectivity index (χ3v) is 9.88. The molecule has 3 heterocycles. The van der Waals surface area contributed by atoms with Crippen LogP contribution >= 0.6 is 0 Å². The van der Waals surface area contributed by atoms with Crippen LogP contribution < -0.4 is 29.2 Å². The highest BCUT2D eigenvalue weighted by molar-refractivity contribution is 5.97. The Hall–Kier alpha value is -5.20. The summed E-state index contributed by atoms with van der Waals surface area (Å²) in [5.74, 6) is 4.23. The molecule has 2 aromatic heterocycles. The lowest BCUT2D eigenvalue weighted by Crippen LogP contribution is -2.34. The normalized spacial score (nSPS) is 14.2. The highest BCUT2D eigenvalue weighted by Gasteiger charge is 2.25. The molecule has 1 amide bonds. The van der Waals surface area contributed by atoms with Gasteiger partial charge in [0.2, 0.25) is 11.7 Å². The second-order valence-electron chi connectivity index (χ2n) is 13.0. The van der Waals surface area contributed by atoms with Gasteiger partial charge in [-0.25, -0.2) is 4.98 Å². The molecular weight excluding hydrogens is 662 g/mol. The van der Waals surface area contributed by atoms with Gasteiger partial charge in [0.15, 0.2) is 11.5 Å². The molecule has 0 bridgehead atoms. The van der Waals surface area contributed by atoms with Crippen LogP contribution in [-0.4, -0.2) is 93.2 Å². The van der Waals surface area contributed by atoms with Crippen molar-refractivity contribution in [2.75, 3.05) is 72.6 Å². The zero-order valence-corrected chi connectivity index (χ0v) is 30.7. The Labute approximate surface area is 304 Å². The molecule has 2 N–H and O–H groups in total. The van der Waals surface area contributed by atoms with Crippen molar-refractivity contribution in [1.29, 1.82) is 0 Å². The van der Waals surface area contributed by atoms with Crippen molar-refractivity contribution >= 4 is 22.9 Å². The predicted molar refractivity (Wildman–Crippen MR) is 200 cm³/mol. The van der Waals surface area contributed by atoms with E-state index in [4.69, 9.17) is 28.3 Å². The molecule has 12 nitrogen and oxygen atoms in total. The van der Waals surface area contributed by atoms with Crippen LogP contribution in [0.3, 0.4) is 0 Å². The molecule has 6 rings (SSSR count). The second-order valence-corrected chi connectivity index (χ2v) is 13.0. The molecule has 276 valence electrons. The summed E-state index contributed by atoms with van der Waals surface area (Å²) >= 11 is 0. The van der Waals surface area contributed by atoms with E-state index >= 15 is 0 Å². The Kier molecular flexibility index (Phi) is 11.9. The summed E-state index contributed by atoms with van der Waals surface area (Å²) in [5.41, 5.74) is 4.24. The lowest BCUT2D eigenvalue weighted by atomic mass is 9.94. The number of anilines is 1. The van der Waals surface area contributed by atoms with Gasteiger partial charge in [-0.3, -0.25) is 4.79 Å². The van der Waals surface area contributed by atoms with Crippen molar-refractivity contribution in [3.8, 4) is 23.0 Å². The molecular formula is C40H49N5O7. The number of ether oxygens (including phenoxy) is 4. The minimum Gasteiger partial charge on any atom is -0.497 e. The maximum atomic E-state index is 13.7.